The SMILES string of the molecule is BC(C)(F)c1ccc(C(B)(F)P)c(N(CC(=O)N/C(C)=C/C)S(=O)(=O)c2ccc(OC)cc2)c1. The lowest BCUT2D eigenvalue weighted by molar-refractivity contribution is -0.118. The number of hydrogen-bond donors (Lipinski definition) is 1. The lowest BCUT2D eigenvalue weighted by Gasteiger charge is -2.31. The molecule has 0 radical (unpaired) electrons. The molecule has 0 aliphatic carbocycles. The van der Waals surface area contributed by atoms with Crippen LogP contribution in [0, 0.1) is 0 Å². The van der Waals surface area contributed by atoms with Crippen molar-refractivity contribution in [2.75, 3.05) is 18.0 Å². The lowest BCUT2D eigenvalue weighted by atomic mass is 9.78. The summed E-state index contributed by atoms with van der Waals surface area (Å²) >= 11 is 0. The average Bonchev–Trinajstić information content (AvgIpc) is 2.75. The van der Waals surface area contributed by atoms with Gasteiger partial charge in [0.25, 0.3) is 10.0 Å². The molecular weight excluding hydrogens is 479 g/mol. The van der Waals surface area contributed by atoms with Crippen LogP contribution >= 0.6 is 9.24 Å². The molecule has 0 spiro atoms. The van der Waals surface area contributed by atoms with Gasteiger partial charge in [0.05, 0.1) is 23.3 Å². The molecule has 0 aromatic heterocycles. The van der Waals surface area contributed by atoms with E-state index in [-0.39, 0.29) is 21.7 Å². The number of hydrogen-bond acceptors (Lipinski definition) is 4. The summed E-state index contributed by atoms with van der Waals surface area (Å²) in [6.07, 6.45) is 1.65. The number of rotatable bonds is 9. The number of halogens is 2. The Labute approximate surface area is 204 Å². The second kappa shape index (κ2) is 10.5. The summed E-state index contributed by atoms with van der Waals surface area (Å²) in [7, 11) is 1.64. The van der Waals surface area contributed by atoms with Crippen LogP contribution in [-0.4, -0.2) is 43.7 Å². The quantitative estimate of drug-likeness (QED) is 0.417. The van der Waals surface area contributed by atoms with Gasteiger partial charge in [-0.15, -0.1) is 9.24 Å². The fourth-order valence-corrected chi connectivity index (χ4v) is 4.83. The number of nitrogens with zero attached hydrogens (tertiary/aromatic N) is 1. The second-order valence-electron chi connectivity index (χ2n) is 8.49. The Balaban J connectivity index is 2.78. The molecule has 2 aromatic carbocycles. The van der Waals surface area contributed by atoms with Crippen LogP contribution in [0.4, 0.5) is 14.5 Å². The van der Waals surface area contributed by atoms with Gasteiger partial charge in [0.15, 0.2) is 15.7 Å². The van der Waals surface area contributed by atoms with E-state index in [0.717, 1.165) is 4.31 Å². The van der Waals surface area contributed by atoms with Crippen LogP contribution in [0.15, 0.2) is 59.1 Å². The highest BCUT2D eigenvalue weighted by molar-refractivity contribution is 7.92. The minimum atomic E-state index is -4.36. The van der Waals surface area contributed by atoms with Crippen LogP contribution in [0.3, 0.4) is 0 Å². The zero-order chi connectivity index (χ0) is 25.9. The van der Waals surface area contributed by atoms with Crippen LogP contribution in [0.1, 0.15) is 31.9 Å². The molecule has 182 valence electrons. The number of alkyl halides is 2. The topological polar surface area (TPSA) is 75.7 Å². The van der Waals surface area contributed by atoms with Crippen molar-refractivity contribution in [3.8, 4) is 5.75 Å². The van der Waals surface area contributed by atoms with E-state index in [2.05, 4.69) is 5.32 Å². The summed E-state index contributed by atoms with van der Waals surface area (Å²) in [5.41, 5.74) is -1.33. The number of carbonyl (C=O) groups is 1. The van der Waals surface area contributed by atoms with Gasteiger partial charge >= 0.3 is 0 Å². The molecule has 1 amide bonds. The molecule has 1 N–H and O–H groups in total. The molecule has 0 saturated heterocycles. The van der Waals surface area contributed by atoms with Gasteiger partial charge in [-0.1, -0.05) is 18.2 Å². The predicted molar refractivity (Wildman–Crippen MR) is 140 cm³/mol. The van der Waals surface area contributed by atoms with Gasteiger partial charge in [0.1, 0.15) is 17.6 Å². The molecule has 6 nitrogen and oxygen atoms in total. The van der Waals surface area contributed by atoms with Crippen LogP contribution in [-0.2, 0) is 25.7 Å². The van der Waals surface area contributed by atoms with Crippen LogP contribution in [0.25, 0.3) is 0 Å². The average molecular weight is 508 g/mol. The van der Waals surface area contributed by atoms with Crippen LogP contribution in [0.2, 0.25) is 0 Å². The first-order valence-corrected chi connectivity index (χ1v) is 12.5. The maximum Gasteiger partial charge on any atom is 0.264 e. The molecule has 34 heavy (non-hydrogen) atoms. The summed E-state index contributed by atoms with van der Waals surface area (Å²) in [4.78, 5) is 12.6. The predicted octanol–water partition coefficient (Wildman–Crippen LogP) is 2.29. The van der Waals surface area contributed by atoms with E-state index in [1.54, 1.807) is 19.9 Å². The largest absolute Gasteiger partial charge is 0.497 e. The van der Waals surface area contributed by atoms with Crippen molar-refractivity contribution in [1.82, 2.24) is 5.32 Å². The first-order valence-electron chi connectivity index (χ1n) is 10.5. The third kappa shape index (κ3) is 6.60. The number of amides is 1. The third-order valence-electron chi connectivity index (χ3n) is 5.18. The molecule has 0 aliphatic rings. The maximum atomic E-state index is 15.2. The second-order valence-corrected chi connectivity index (χ2v) is 11.4. The van der Waals surface area contributed by atoms with Gasteiger partial charge in [0.2, 0.25) is 5.91 Å². The van der Waals surface area contributed by atoms with Crippen molar-refractivity contribution in [3.05, 3.63) is 65.4 Å². The molecule has 2 aromatic rings. The Bertz CT molecular complexity index is 1180. The van der Waals surface area contributed by atoms with Gasteiger partial charge in [-0.05, 0) is 56.7 Å². The molecule has 3 atom stereocenters. The molecule has 0 saturated carbocycles. The highest BCUT2D eigenvalue weighted by Gasteiger charge is 2.34. The standard InChI is InChI=1S/C22H29B2F2N2O4PS/c1-5-14(2)27-20(29)13-28(34(30,31)17-9-7-16(32-4)8-10-17)19-12-15(21(3,23)25)6-11-18(19)22(24,26)33/h5-12H,13,23-24,33H2,1-4H3,(H,27,29)/b14-5+. The van der Waals surface area contributed by atoms with Crippen LogP contribution < -0.4 is 14.4 Å². The summed E-state index contributed by atoms with van der Waals surface area (Å²) in [5.74, 6) is -0.192. The van der Waals surface area contributed by atoms with Crippen molar-refractivity contribution in [2.45, 2.75) is 36.5 Å². The van der Waals surface area contributed by atoms with Crippen molar-refractivity contribution in [1.29, 1.82) is 0 Å². The number of ether oxygens (including phenoxy) is 1. The van der Waals surface area contributed by atoms with Crippen molar-refractivity contribution >= 4 is 46.6 Å². The number of methoxy groups -OCH3 is 1. The van der Waals surface area contributed by atoms with Crippen molar-refractivity contribution in [3.63, 3.8) is 0 Å². The zero-order valence-corrected chi connectivity index (χ0v) is 22.1. The first-order chi connectivity index (χ1) is 15.6. The normalized spacial score (nSPS) is 15.7. The number of benzene rings is 2. The Morgan fingerprint density at radius 1 is 1.21 bits per heavy atom. The zero-order valence-electron chi connectivity index (χ0n) is 20.1. The number of anilines is 1. The molecule has 0 aliphatic heterocycles. The van der Waals surface area contributed by atoms with E-state index in [1.165, 1.54) is 72.2 Å². The maximum absolute atomic E-state index is 15.2. The smallest absolute Gasteiger partial charge is 0.264 e. The number of carbonyl (C=O) groups excluding carboxylic acids is 1. The van der Waals surface area contributed by atoms with E-state index in [9.17, 15) is 17.6 Å². The third-order valence-corrected chi connectivity index (χ3v) is 7.27. The molecular formula is C22H29B2F2N2O4PS. The monoisotopic (exact) mass is 508 g/mol. The summed E-state index contributed by atoms with van der Waals surface area (Å²) in [5, 5.41) is 0.540. The molecule has 0 bridgehead atoms. The van der Waals surface area contributed by atoms with Gasteiger partial charge < -0.3 is 10.1 Å². The minimum Gasteiger partial charge on any atom is -0.497 e. The summed E-state index contributed by atoms with van der Waals surface area (Å²) < 4.78 is 63.4. The fourth-order valence-electron chi connectivity index (χ4n) is 3.16. The van der Waals surface area contributed by atoms with E-state index >= 15 is 4.39 Å². The summed E-state index contributed by atoms with van der Waals surface area (Å²) in [6, 6.07) is 9.60. The van der Waals surface area contributed by atoms with Crippen LogP contribution in [0.5, 0.6) is 5.75 Å². The molecule has 3 unspecified atom stereocenters. The van der Waals surface area contributed by atoms with Gasteiger partial charge in [-0.3, -0.25) is 9.10 Å². The Morgan fingerprint density at radius 3 is 2.26 bits per heavy atom. The van der Waals surface area contributed by atoms with Gasteiger partial charge in [0, 0.05) is 11.3 Å². The lowest BCUT2D eigenvalue weighted by Crippen LogP contribution is -2.41. The van der Waals surface area contributed by atoms with Crippen molar-refractivity contribution < 1.29 is 26.7 Å². The van der Waals surface area contributed by atoms with E-state index < -0.39 is 33.4 Å². The van der Waals surface area contributed by atoms with Gasteiger partial charge in [-0.25, -0.2) is 17.2 Å². The Kier molecular flexibility index (Phi) is 8.59. The minimum absolute atomic E-state index is 0.0295. The fraction of sp³-hybridized carbons (Fsp3) is 0.318. The molecule has 0 heterocycles. The number of sulfonamides is 1. The Morgan fingerprint density at radius 2 is 1.79 bits per heavy atom. The Hall–Kier alpha value is -2.38. The van der Waals surface area contributed by atoms with E-state index in [4.69, 9.17) is 4.74 Å². The number of nitrogens with one attached hydrogen (secondary N) is 1. The summed E-state index contributed by atoms with van der Waals surface area (Å²) in [6.45, 7) is 4.03. The highest BCUT2D eigenvalue weighted by Crippen LogP contribution is 2.40. The first kappa shape index (κ1) is 27.9. The van der Waals surface area contributed by atoms with Gasteiger partial charge in [-0.2, -0.15) is 0 Å². The molecule has 2 rings (SSSR count). The number of allylic oxidation sites excluding steroid dienone is 2. The van der Waals surface area contributed by atoms with Crippen molar-refractivity contribution in [2.24, 2.45) is 0 Å². The van der Waals surface area contributed by atoms with E-state index in [1.807, 2.05) is 9.24 Å². The molecule has 0 fully saturated rings. The molecule has 12 heteroatoms. The van der Waals surface area contributed by atoms with E-state index in [0.29, 0.717) is 11.4 Å². The highest BCUT2D eigenvalue weighted by atomic mass is 32.2.